The van der Waals surface area contributed by atoms with E-state index >= 15 is 0 Å². The first-order valence-corrected chi connectivity index (χ1v) is 6.49. The highest BCUT2D eigenvalue weighted by Crippen LogP contribution is 2.34. The molecule has 0 aromatic heterocycles. The Bertz CT molecular complexity index is 663. The van der Waals surface area contributed by atoms with Gasteiger partial charge in [-0.15, -0.1) is 0 Å². The van der Waals surface area contributed by atoms with Gasteiger partial charge >= 0.3 is 6.18 Å². The SMILES string of the molecule is N#CC(COc1ccc2ccccc2c1Br)C(F)(F)F. The van der Waals surface area contributed by atoms with E-state index in [-0.39, 0.29) is 5.75 Å². The van der Waals surface area contributed by atoms with Crippen molar-refractivity contribution in [3.05, 3.63) is 40.9 Å². The maximum atomic E-state index is 12.5. The minimum absolute atomic E-state index is 0.285. The number of hydrogen-bond acceptors (Lipinski definition) is 2. The number of halogens is 4. The van der Waals surface area contributed by atoms with Crippen LogP contribution in [-0.2, 0) is 0 Å². The van der Waals surface area contributed by atoms with Crippen molar-refractivity contribution in [1.29, 1.82) is 5.26 Å². The van der Waals surface area contributed by atoms with Gasteiger partial charge in [-0.05, 0) is 32.8 Å². The van der Waals surface area contributed by atoms with Gasteiger partial charge < -0.3 is 4.74 Å². The second kappa shape index (κ2) is 5.71. The van der Waals surface area contributed by atoms with Crippen LogP contribution < -0.4 is 4.74 Å². The third-order valence-electron chi connectivity index (χ3n) is 2.78. The molecule has 1 atom stereocenters. The average molecular weight is 344 g/mol. The summed E-state index contributed by atoms with van der Waals surface area (Å²) in [7, 11) is 0. The van der Waals surface area contributed by atoms with E-state index in [1.165, 1.54) is 6.07 Å². The normalized spacial score (nSPS) is 12.9. The van der Waals surface area contributed by atoms with Gasteiger partial charge in [0, 0.05) is 0 Å². The van der Waals surface area contributed by atoms with Crippen molar-refractivity contribution in [2.24, 2.45) is 5.92 Å². The summed E-state index contributed by atoms with van der Waals surface area (Å²) >= 11 is 3.32. The smallest absolute Gasteiger partial charge is 0.407 e. The summed E-state index contributed by atoms with van der Waals surface area (Å²) in [4.78, 5) is 0. The highest BCUT2D eigenvalue weighted by molar-refractivity contribution is 9.10. The first kappa shape index (κ1) is 14.7. The highest BCUT2D eigenvalue weighted by Gasteiger charge is 2.40. The Morgan fingerprint density at radius 1 is 1.20 bits per heavy atom. The van der Waals surface area contributed by atoms with E-state index in [4.69, 9.17) is 10.00 Å². The number of ether oxygens (including phenoxy) is 1. The molecule has 0 saturated heterocycles. The summed E-state index contributed by atoms with van der Waals surface area (Å²) in [5.74, 6) is -1.85. The number of benzene rings is 2. The summed E-state index contributed by atoms with van der Waals surface area (Å²) in [6.45, 7) is -0.725. The lowest BCUT2D eigenvalue weighted by Crippen LogP contribution is -2.27. The number of alkyl halides is 3. The molecule has 0 amide bonds. The molecule has 0 fully saturated rings. The lowest BCUT2D eigenvalue weighted by Gasteiger charge is -2.15. The zero-order chi connectivity index (χ0) is 14.8. The van der Waals surface area contributed by atoms with Gasteiger partial charge in [0.25, 0.3) is 0 Å². The molecule has 2 nitrogen and oxygen atoms in total. The molecule has 2 rings (SSSR count). The van der Waals surface area contributed by atoms with Gasteiger partial charge in [0.15, 0.2) is 5.92 Å². The van der Waals surface area contributed by atoms with Crippen LogP contribution >= 0.6 is 15.9 Å². The Labute approximate surface area is 121 Å². The second-order valence-electron chi connectivity index (χ2n) is 4.13. The van der Waals surface area contributed by atoms with Crippen molar-refractivity contribution < 1.29 is 17.9 Å². The minimum Gasteiger partial charge on any atom is -0.491 e. The average Bonchev–Trinajstić information content (AvgIpc) is 2.40. The van der Waals surface area contributed by atoms with Crippen LogP contribution in [0.3, 0.4) is 0 Å². The lowest BCUT2D eigenvalue weighted by atomic mass is 10.1. The van der Waals surface area contributed by atoms with Gasteiger partial charge in [0.05, 0.1) is 10.5 Å². The predicted molar refractivity (Wildman–Crippen MR) is 72.3 cm³/mol. The number of hydrogen-bond donors (Lipinski definition) is 0. The van der Waals surface area contributed by atoms with Crippen LogP contribution in [0.15, 0.2) is 40.9 Å². The van der Waals surface area contributed by atoms with Gasteiger partial charge in [0.2, 0.25) is 0 Å². The Morgan fingerprint density at radius 3 is 2.55 bits per heavy atom. The van der Waals surface area contributed by atoms with Crippen molar-refractivity contribution >= 4 is 26.7 Å². The Kier molecular flexibility index (Phi) is 4.19. The summed E-state index contributed by atoms with van der Waals surface area (Å²) in [6.07, 6.45) is -4.59. The first-order valence-electron chi connectivity index (χ1n) is 5.70. The third-order valence-corrected chi connectivity index (χ3v) is 3.60. The Morgan fingerprint density at radius 2 is 1.90 bits per heavy atom. The Hall–Kier alpha value is -1.74. The van der Waals surface area contributed by atoms with E-state index < -0.39 is 18.7 Å². The molecule has 2 aromatic carbocycles. The zero-order valence-corrected chi connectivity index (χ0v) is 11.7. The summed E-state index contributed by atoms with van der Waals surface area (Å²) in [5, 5.41) is 10.3. The minimum atomic E-state index is -4.59. The maximum absolute atomic E-state index is 12.5. The van der Waals surface area contributed by atoms with Crippen molar-refractivity contribution in [3.8, 4) is 11.8 Å². The molecule has 0 aliphatic rings. The van der Waals surface area contributed by atoms with Crippen molar-refractivity contribution in [3.63, 3.8) is 0 Å². The number of nitriles is 1. The van der Waals surface area contributed by atoms with E-state index in [0.29, 0.717) is 4.47 Å². The predicted octanol–water partition coefficient (Wildman–Crippen LogP) is 4.68. The molecule has 104 valence electrons. The van der Waals surface area contributed by atoms with E-state index in [0.717, 1.165) is 10.8 Å². The standard InChI is InChI=1S/C14H9BrF3NO/c15-13-11-4-2-1-3-9(11)5-6-12(13)20-8-10(7-19)14(16,17)18/h1-6,10H,8H2. The summed E-state index contributed by atoms with van der Waals surface area (Å²) in [6, 6.07) is 11.9. The van der Waals surface area contributed by atoms with Crippen LogP contribution in [0.2, 0.25) is 0 Å². The van der Waals surface area contributed by atoms with Gasteiger partial charge in [-0.25, -0.2) is 0 Å². The fourth-order valence-corrected chi connectivity index (χ4v) is 2.31. The highest BCUT2D eigenvalue weighted by atomic mass is 79.9. The zero-order valence-electron chi connectivity index (χ0n) is 10.1. The van der Waals surface area contributed by atoms with Gasteiger partial charge in [-0.1, -0.05) is 30.3 Å². The fraction of sp³-hybridized carbons (Fsp3) is 0.214. The van der Waals surface area contributed by atoms with E-state index in [9.17, 15) is 13.2 Å². The number of rotatable bonds is 3. The molecule has 0 N–H and O–H groups in total. The molecular weight excluding hydrogens is 335 g/mol. The molecule has 6 heteroatoms. The molecule has 1 unspecified atom stereocenters. The van der Waals surface area contributed by atoms with Crippen molar-refractivity contribution in [2.75, 3.05) is 6.61 Å². The third kappa shape index (κ3) is 3.05. The quantitative estimate of drug-likeness (QED) is 0.810. The second-order valence-corrected chi connectivity index (χ2v) is 4.93. The van der Waals surface area contributed by atoms with E-state index in [1.54, 1.807) is 12.1 Å². The van der Waals surface area contributed by atoms with Gasteiger partial charge in [0.1, 0.15) is 12.4 Å². The molecule has 0 spiro atoms. The molecule has 20 heavy (non-hydrogen) atoms. The van der Waals surface area contributed by atoms with E-state index in [2.05, 4.69) is 15.9 Å². The summed E-state index contributed by atoms with van der Waals surface area (Å²) < 4.78 is 43.1. The van der Waals surface area contributed by atoms with Crippen LogP contribution in [0.4, 0.5) is 13.2 Å². The van der Waals surface area contributed by atoms with Crippen LogP contribution in [0.1, 0.15) is 0 Å². The van der Waals surface area contributed by atoms with Crippen LogP contribution in [0, 0.1) is 17.2 Å². The molecule has 0 saturated carbocycles. The topological polar surface area (TPSA) is 33.0 Å². The van der Waals surface area contributed by atoms with Crippen LogP contribution in [-0.4, -0.2) is 12.8 Å². The largest absolute Gasteiger partial charge is 0.491 e. The molecule has 0 aliphatic carbocycles. The molecule has 0 heterocycles. The van der Waals surface area contributed by atoms with Crippen molar-refractivity contribution in [2.45, 2.75) is 6.18 Å². The monoisotopic (exact) mass is 343 g/mol. The van der Waals surface area contributed by atoms with Crippen molar-refractivity contribution in [1.82, 2.24) is 0 Å². The van der Waals surface area contributed by atoms with Crippen LogP contribution in [0.25, 0.3) is 10.8 Å². The maximum Gasteiger partial charge on any atom is 0.407 e. The number of fused-ring (bicyclic) bond motifs is 1. The first-order chi connectivity index (χ1) is 9.43. The van der Waals surface area contributed by atoms with Gasteiger partial charge in [-0.3, -0.25) is 0 Å². The molecule has 0 radical (unpaired) electrons. The molecule has 2 aromatic rings. The Balaban J connectivity index is 2.23. The summed E-state index contributed by atoms with van der Waals surface area (Å²) in [5.41, 5.74) is 0. The molecule has 0 aliphatic heterocycles. The fourth-order valence-electron chi connectivity index (χ4n) is 1.70. The molecule has 0 bridgehead atoms. The lowest BCUT2D eigenvalue weighted by molar-refractivity contribution is -0.165. The molecular formula is C14H9BrF3NO. The van der Waals surface area contributed by atoms with Crippen LogP contribution in [0.5, 0.6) is 5.75 Å². The van der Waals surface area contributed by atoms with E-state index in [1.807, 2.05) is 24.3 Å². The number of nitrogens with zero attached hydrogens (tertiary/aromatic N) is 1. The van der Waals surface area contributed by atoms with Gasteiger partial charge in [-0.2, -0.15) is 18.4 Å².